The first-order valence-corrected chi connectivity index (χ1v) is 12.2. The Morgan fingerprint density at radius 2 is 2.03 bits per heavy atom. The highest BCUT2D eigenvalue weighted by Gasteiger charge is 2.18. The molecule has 0 amide bonds. The number of rotatable bonds is 8. The van der Waals surface area contributed by atoms with Crippen molar-refractivity contribution in [2.45, 2.75) is 24.6 Å². The molecule has 0 heterocycles. The summed E-state index contributed by atoms with van der Waals surface area (Å²) in [6, 6.07) is 7.72. The maximum atomic E-state index is 12.1. The molecule has 0 saturated carbocycles. The Balaban J connectivity index is 2.29. The van der Waals surface area contributed by atoms with Gasteiger partial charge in [-0.3, -0.25) is 15.2 Å². The Hall–Kier alpha value is -2.09. The fourth-order valence-electron chi connectivity index (χ4n) is 3.09. The predicted molar refractivity (Wildman–Crippen MR) is 144 cm³/mol. The van der Waals surface area contributed by atoms with Crippen molar-refractivity contribution in [2.75, 3.05) is 19.0 Å². The third-order valence-corrected chi connectivity index (χ3v) is 6.36. The SMILES string of the molecule is C=C/C(C(=NC)NN/C=C1/C=CC(Br)C(=O)C(Br)=C1)=C(/CCC)N(C)c1ccc(Cl)cc1. The van der Waals surface area contributed by atoms with E-state index in [9.17, 15) is 4.79 Å². The van der Waals surface area contributed by atoms with Crippen LogP contribution >= 0.6 is 43.5 Å². The number of amidine groups is 1. The summed E-state index contributed by atoms with van der Waals surface area (Å²) in [4.78, 5) is 18.3. The molecule has 1 aromatic carbocycles. The lowest BCUT2D eigenvalue weighted by atomic mass is 10.1. The van der Waals surface area contributed by atoms with E-state index in [1.165, 1.54) is 0 Å². The lowest BCUT2D eigenvalue weighted by Gasteiger charge is -2.26. The van der Waals surface area contributed by atoms with Crippen LogP contribution in [0.2, 0.25) is 5.02 Å². The molecule has 1 unspecified atom stereocenters. The van der Waals surface area contributed by atoms with Gasteiger partial charge in [-0.05, 0) is 58.3 Å². The first-order valence-electron chi connectivity index (χ1n) is 10.1. The number of nitrogens with one attached hydrogen (secondary N) is 2. The van der Waals surface area contributed by atoms with Crippen LogP contribution in [0.5, 0.6) is 0 Å². The fraction of sp³-hybridized carbons (Fsp3) is 0.250. The molecular weight excluding hydrogens is 556 g/mol. The van der Waals surface area contributed by atoms with Crippen molar-refractivity contribution in [1.29, 1.82) is 0 Å². The van der Waals surface area contributed by atoms with E-state index in [-0.39, 0.29) is 10.6 Å². The van der Waals surface area contributed by atoms with E-state index in [0.29, 0.717) is 15.3 Å². The van der Waals surface area contributed by atoms with Crippen LogP contribution in [-0.2, 0) is 4.79 Å². The number of nitrogens with zero attached hydrogens (tertiary/aromatic N) is 2. The van der Waals surface area contributed by atoms with Gasteiger partial charge >= 0.3 is 0 Å². The number of hydrogen-bond acceptors (Lipinski definition) is 4. The van der Waals surface area contributed by atoms with E-state index in [2.05, 4.69) is 66.1 Å². The van der Waals surface area contributed by atoms with Crippen LogP contribution in [0.3, 0.4) is 0 Å². The van der Waals surface area contributed by atoms with Crippen molar-refractivity contribution >= 4 is 60.8 Å². The second kappa shape index (κ2) is 12.8. The number of carbonyl (C=O) groups excluding carboxylic acids is 1. The van der Waals surface area contributed by atoms with Gasteiger partial charge in [-0.1, -0.05) is 65.7 Å². The zero-order chi connectivity index (χ0) is 23.7. The van der Waals surface area contributed by atoms with Crippen LogP contribution in [0.25, 0.3) is 0 Å². The van der Waals surface area contributed by atoms with Gasteiger partial charge in [0.2, 0.25) is 0 Å². The minimum absolute atomic E-state index is 0.0280. The molecule has 1 aromatic rings. The molecule has 0 fully saturated rings. The van der Waals surface area contributed by atoms with Gasteiger partial charge in [-0.2, -0.15) is 0 Å². The quantitative estimate of drug-likeness (QED) is 0.126. The van der Waals surface area contributed by atoms with Crippen molar-refractivity contribution in [3.63, 3.8) is 0 Å². The number of carbonyl (C=O) groups is 1. The van der Waals surface area contributed by atoms with E-state index in [0.717, 1.165) is 35.4 Å². The Morgan fingerprint density at radius 1 is 1.34 bits per heavy atom. The second-order valence-electron chi connectivity index (χ2n) is 6.95. The van der Waals surface area contributed by atoms with Crippen molar-refractivity contribution in [1.82, 2.24) is 10.9 Å². The van der Waals surface area contributed by atoms with Gasteiger partial charge in [-0.15, -0.1) is 0 Å². The van der Waals surface area contributed by atoms with Gasteiger partial charge in [-0.25, -0.2) is 0 Å². The lowest BCUT2D eigenvalue weighted by molar-refractivity contribution is -0.113. The van der Waals surface area contributed by atoms with Crippen LogP contribution < -0.4 is 15.8 Å². The molecule has 0 aromatic heterocycles. The number of Topliss-reactive ketones (excluding diaryl/α,β-unsaturated/α-hetero) is 1. The fourth-order valence-corrected chi connectivity index (χ4v) is 4.44. The van der Waals surface area contributed by atoms with E-state index in [4.69, 9.17) is 11.6 Å². The number of hydrogen-bond donors (Lipinski definition) is 2. The number of hydrazine groups is 1. The van der Waals surface area contributed by atoms with Gasteiger partial charge in [0.1, 0.15) is 5.84 Å². The first-order chi connectivity index (χ1) is 15.3. The van der Waals surface area contributed by atoms with Crippen molar-refractivity contribution in [2.24, 2.45) is 4.99 Å². The van der Waals surface area contributed by atoms with E-state index >= 15 is 0 Å². The zero-order valence-corrected chi connectivity index (χ0v) is 22.3. The summed E-state index contributed by atoms with van der Waals surface area (Å²) in [5.41, 5.74) is 10.0. The predicted octanol–water partition coefficient (Wildman–Crippen LogP) is 6.20. The monoisotopic (exact) mass is 580 g/mol. The zero-order valence-electron chi connectivity index (χ0n) is 18.3. The molecule has 0 saturated heterocycles. The van der Waals surface area contributed by atoms with Gasteiger partial charge < -0.3 is 10.3 Å². The highest BCUT2D eigenvalue weighted by atomic mass is 79.9. The number of halogens is 3. The number of benzene rings is 1. The molecule has 0 spiro atoms. The van der Waals surface area contributed by atoms with Crippen molar-refractivity contribution < 1.29 is 4.79 Å². The summed E-state index contributed by atoms with van der Waals surface area (Å²) in [5, 5.41) is 0.697. The molecule has 5 nitrogen and oxygen atoms in total. The molecular formula is C24H27Br2ClN4O. The highest BCUT2D eigenvalue weighted by molar-refractivity contribution is 9.12. The Labute approximate surface area is 211 Å². The maximum absolute atomic E-state index is 12.1. The number of allylic oxidation sites excluding steroid dienone is 6. The van der Waals surface area contributed by atoms with E-state index in [1.54, 1.807) is 31.5 Å². The van der Waals surface area contributed by atoms with Crippen LogP contribution in [0.1, 0.15) is 19.8 Å². The molecule has 170 valence electrons. The number of anilines is 1. The van der Waals surface area contributed by atoms with Gasteiger partial charge in [0, 0.05) is 42.3 Å². The maximum Gasteiger partial charge on any atom is 0.187 e. The summed E-state index contributed by atoms with van der Waals surface area (Å²) in [6.07, 6.45) is 10.8. The molecule has 0 bridgehead atoms. The number of aliphatic imine (C=N–C) groups is 1. The molecule has 1 aliphatic rings. The smallest absolute Gasteiger partial charge is 0.187 e. The minimum atomic E-state index is -0.352. The normalized spacial score (nSPS) is 18.6. The molecule has 1 atom stereocenters. The molecule has 0 aliphatic heterocycles. The van der Waals surface area contributed by atoms with Crippen molar-refractivity contribution in [3.05, 3.63) is 87.7 Å². The minimum Gasteiger partial charge on any atom is -0.347 e. The standard InChI is InChI=1S/C24H27Br2ClN4O/c1-5-7-22(31(4)18-11-9-17(27)10-12-18)19(6-2)24(28-3)30-29-15-16-8-13-20(25)23(32)21(26)14-16/h6,8-15,20,29H,2,5,7H2,1,3-4H3,(H,28,30)/b16-15-,22-19+. The molecule has 2 rings (SSSR count). The lowest BCUT2D eigenvalue weighted by Crippen LogP contribution is -2.36. The molecule has 32 heavy (non-hydrogen) atoms. The summed E-state index contributed by atoms with van der Waals surface area (Å²) < 4.78 is 0.503. The molecule has 8 heteroatoms. The Bertz CT molecular complexity index is 994. The number of ketones is 1. The largest absolute Gasteiger partial charge is 0.347 e. The Kier molecular flexibility index (Phi) is 10.5. The third-order valence-electron chi connectivity index (χ3n) is 4.77. The third kappa shape index (κ3) is 6.95. The van der Waals surface area contributed by atoms with Gasteiger partial charge in [0.15, 0.2) is 5.78 Å². The summed E-state index contributed by atoms with van der Waals surface area (Å²) in [5.74, 6) is 0.621. The average Bonchev–Trinajstić information content (AvgIpc) is 2.91. The summed E-state index contributed by atoms with van der Waals surface area (Å²) in [7, 11) is 3.75. The number of alkyl halides is 1. The van der Waals surface area contributed by atoms with Crippen LogP contribution in [0.4, 0.5) is 5.69 Å². The summed E-state index contributed by atoms with van der Waals surface area (Å²) >= 11 is 12.7. The van der Waals surface area contributed by atoms with Crippen LogP contribution in [0, 0.1) is 0 Å². The van der Waals surface area contributed by atoms with E-state index < -0.39 is 0 Å². The molecule has 2 N–H and O–H groups in total. The first kappa shape index (κ1) is 26.2. The van der Waals surface area contributed by atoms with Gasteiger partial charge in [0.25, 0.3) is 0 Å². The summed E-state index contributed by atoms with van der Waals surface area (Å²) in [6.45, 7) is 6.16. The van der Waals surface area contributed by atoms with Gasteiger partial charge in [0.05, 0.1) is 9.31 Å². The molecule has 1 aliphatic carbocycles. The van der Waals surface area contributed by atoms with E-state index in [1.807, 2.05) is 37.4 Å². The Morgan fingerprint density at radius 3 is 2.62 bits per heavy atom. The highest BCUT2D eigenvalue weighted by Crippen LogP contribution is 2.25. The second-order valence-corrected chi connectivity index (χ2v) is 9.23. The average molecular weight is 583 g/mol. The van der Waals surface area contributed by atoms with Crippen LogP contribution in [0.15, 0.2) is 87.7 Å². The van der Waals surface area contributed by atoms with Crippen molar-refractivity contribution in [3.8, 4) is 0 Å². The topological polar surface area (TPSA) is 56.7 Å². The molecule has 0 radical (unpaired) electrons. The van der Waals surface area contributed by atoms with Crippen LogP contribution in [-0.4, -0.2) is 30.5 Å².